The highest BCUT2D eigenvalue weighted by Crippen LogP contribution is 2.27. The second-order valence-corrected chi connectivity index (χ2v) is 3.81. The van der Waals surface area contributed by atoms with Crippen molar-refractivity contribution in [1.29, 1.82) is 0 Å². The Kier molecular flexibility index (Phi) is 4.12. The fraction of sp³-hybridized carbons (Fsp3) is 0.364. The van der Waals surface area contributed by atoms with Gasteiger partial charge < -0.3 is 9.84 Å². The van der Waals surface area contributed by atoms with Crippen LogP contribution in [0.1, 0.15) is 18.2 Å². The maximum Gasteiger partial charge on any atom is 0.171 e. The topological polar surface area (TPSA) is 42.4 Å². The minimum Gasteiger partial charge on any atom is -0.486 e. The Bertz CT molecular complexity index is 354. The van der Waals surface area contributed by atoms with Crippen LogP contribution in [-0.2, 0) is 6.61 Å². The maximum absolute atomic E-state index is 8.92. The van der Waals surface area contributed by atoms with Crippen LogP contribution < -0.4 is 4.74 Å². The van der Waals surface area contributed by atoms with E-state index in [-0.39, 0.29) is 11.8 Å². The number of aryl methyl sites for hydroxylation is 1. The van der Waals surface area contributed by atoms with Crippen molar-refractivity contribution in [2.45, 2.75) is 20.5 Å². The van der Waals surface area contributed by atoms with Gasteiger partial charge in [0.05, 0.1) is 12.3 Å². The summed E-state index contributed by atoms with van der Waals surface area (Å²) < 4.78 is 5.45. The molecule has 0 unspecified atom stereocenters. The Hall–Kier alpha value is -1.06. The molecular formula is C11H14ClNO2. The van der Waals surface area contributed by atoms with E-state index in [0.717, 1.165) is 11.1 Å². The molecule has 0 saturated heterocycles. The van der Waals surface area contributed by atoms with E-state index in [4.69, 9.17) is 21.4 Å². The number of pyridine rings is 1. The van der Waals surface area contributed by atoms with Gasteiger partial charge in [0.2, 0.25) is 0 Å². The van der Waals surface area contributed by atoms with Gasteiger partial charge in [-0.1, -0.05) is 18.2 Å². The molecule has 0 aliphatic rings. The summed E-state index contributed by atoms with van der Waals surface area (Å²) in [6.45, 7) is 7.76. The summed E-state index contributed by atoms with van der Waals surface area (Å²) in [6, 6.07) is 1.75. The number of hydrogen-bond donors (Lipinski definition) is 1. The average Bonchev–Trinajstić information content (AvgIpc) is 2.15. The molecule has 4 heteroatoms. The summed E-state index contributed by atoms with van der Waals surface area (Å²) in [4.78, 5) is 3.99. The van der Waals surface area contributed by atoms with Gasteiger partial charge in [-0.05, 0) is 31.1 Å². The molecule has 0 aromatic carbocycles. The first-order valence-corrected chi connectivity index (χ1v) is 4.96. The van der Waals surface area contributed by atoms with Crippen LogP contribution in [0.4, 0.5) is 0 Å². The van der Waals surface area contributed by atoms with Crippen LogP contribution in [0.2, 0.25) is 5.15 Å². The quantitative estimate of drug-likeness (QED) is 0.635. The third-order valence-electron chi connectivity index (χ3n) is 1.80. The Labute approximate surface area is 94.4 Å². The third kappa shape index (κ3) is 3.22. The summed E-state index contributed by atoms with van der Waals surface area (Å²) in [5.74, 6) is 0.553. The number of ether oxygens (including phenoxy) is 1. The molecule has 0 radical (unpaired) electrons. The van der Waals surface area contributed by atoms with Crippen LogP contribution in [0.5, 0.6) is 5.75 Å². The van der Waals surface area contributed by atoms with Crippen molar-refractivity contribution in [1.82, 2.24) is 4.98 Å². The van der Waals surface area contributed by atoms with Gasteiger partial charge in [-0.25, -0.2) is 4.98 Å². The van der Waals surface area contributed by atoms with Crippen LogP contribution in [0.15, 0.2) is 18.2 Å². The summed E-state index contributed by atoms with van der Waals surface area (Å²) in [5, 5.41) is 9.20. The molecule has 1 aromatic heterocycles. The molecular weight excluding hydrogens is 214 g/mol. The lowest BCUT2D eigenvalue weighted by Crippen LogP contribution is -2.02. The van der Waals surface area contributed by atoms with Gasteiger partial charge in [0, 0.05) is 0 Å². The van der Waals surface area contributed by atoms with Crippen LogP contribution >= 0.6 is 11.6 Å². The number of nitrogens with zero attached hydrogens (tertiary/aromatic N) is 1. The van der Waals surface area contributed by atoms with Crippen molar-refractivity contribution in [3.8, 4) is 5.75 Å². The monoisotopic (exact) mass is 227 g/mol. The molecule has 1 N–H and O–H groups in total. The van der Waals surface area contributed by atoms with E-state index in [0.29, 0.717) is 18.1 Å². The number of rotatable bonds is 4. The summed E-state index contributed by atoms with van der Waals surface area (Å²) >= 11 is 5.92. The fourth-order valence-electron chi connectivity index (χ4n) is 1.14. The predicted molar refractivity (Wildman–Crippen MR) is 60.2 cm³/mol. The molecule has 0 amide bonds. The zero-order chi connectivity index (χ0) is 11.4. The summed E-state index contributed by atoms with van der Waals surface area (Å²) in [7, 11) is 0. The van der Waals surface area contributed by atoms with Gasteiger partial charge in [0.1, 0.15) is 6.61 Å². The molecule has 15 heavy (non-hydrogen) atoms. The van der Waals surface area contributed by atoms with Crippen LogP contribution in [0.25, 0.3) is 0 Å². The van der Waals surface area contributed by atoms with E-state index in [2.05, 4.69) is 11.6 Å². The number of halogens is 1. The third-order valence-corrected chi connectivity index (χ3v) is 2.05. The van der Waals surface area contributed by atoms with Gasteiger partial charge in [-0.2, -0.15) is 0 Å². The van der Waals surface area contributed by atoms with Crippen molar-refractivity contribution in [2.75, 3.05) is 6.61 Å². The first kappa shape index (κ1) is 12.0. The molecule has 0 aliphatic heterocycles. The predicted octanol–water partition coefficient (Wildman–Crippen LogP) is 2.49. The van der Waals surface area contributed by atoms with Gasteiger partial charge in [-0.15, -0.1) is 0 Å². The van der Waals surface area contributed by atoms with E-state index in [1.165, 1.54) is 0 Å². The highest BCUT2D eigenvalue weighted by molar-refractivity contribution is 6.31. The molecule has 82 valence electrons. The van der Waals surface area contributed by atoms with E-state index >= 15 is 0 Å². The normalized spacial score (nSPS) is 10.1. The largest absolute Gasteiger partial charge is 0.486 e. The zero-order valence-corrected chi connectivity index (χ0v) is 9.64. The smallest absolute Gasteiger partial charge is 0.171 e. The first-order valence-electron chi connectivity index (χ1n) is 4.58. The molecule has 1 heterocycles. The highest BCUT2D eigenvalue weighted by Gasteiger charge is 2.09. The lowest BCUT2D eigenvalue weighted by molar-refractivity contribution is 0.276. The fourth-order valence-corrected chi connectivity index (χ4v) is 1.45. The molecule has 0 spiro atoms. The van der Waals surface area contributed by atoms with Crippen molar-refractivity contribution < 1.29 is 9.84 Å². The second-order valence-electron chi connectivity index (χ2n) is 3.45. The molecule has 0 saturated carbocycles. The molecule has 0 fully saturated rings. The second kappa shape index (κ2) is 5.14. The minimum absolute atomic E-state index is 0.124. The first-order chi connectivity index (χ1) is 7.04. The Balaban J connectivity index is 2.92. The van der Waals surface area contributed by atoms with Crippen molar-refractivity contribution >= 4 is 11.6 Å². The lowest BCUT2D eigenvalue weighted by atomic mass is 10.2. The van der Waals surface area contributed by atoms with E-state index in [9.17, 15) is 0 Å². The minimum atomic E-state index is -0.124. The molecule has 1 rings (SSSR count). The number of aliphatic hydroxyl groups is 1. The van der Waals surface area contributed by atoms with E-state index < -0.39 is 0 Å². The van der Waals surface area contributed by atoms with Crippen LogP contribution in [-0.4, -0.2) is 16.7 Å². The number of hydrogen-bond acceptors (Lipinski definition) is 3. The molecule has 0 bridgehead atoms. The van der Waals surface area contributed by atoms with Gasteiger partial charge in [-0.3, -0.25) is 0 Å². The average molecular weight is 228 g/mol. The maximum atomic E-state index is 8.92. The van der Waals surface area contributed by atoms with E-state index in [1.54, 1.807) is 6.07 Å². The van der Waals surface area contributed by atoms with Gasteiger partial charge in [0.25, 0.3) is 0 Å². The Morgan fingerprint density at radius 1 is 1.67 bits per heavy atom. The number of aromatic nitrogens is 1. The standard InChI is InChI=1S/C11H14ClNO2/c1-7(2)6-15-10-8(3)4-9(5-14)13-11(10)12/h4,14H,1,5-6H2,2-3H3. The van der Waals surface area contributed by atoms with Crippen LogP contribution in [0.3, 0.4) is 0 Å². The van der Waals surface area contributed by atoms with Gasteiger partial charge in [0.15, 0.2) is 10.9 Å². The molecule has 0 atom stereocenters. The molecule has 3 nitrogen and oxygen atoms in total. The van der Waals surface area contributed by atoms with Crippen molar-refractivity contribution in [3.63, 3.8) is 0 Å². The van der Waals surface area contributed by atoms with Gasteiger partial charge >= 0.3 is 0 Å². The highest BCUT2D eigenvalue weighted by atomic mass is 35.5. The zero-order valence-electron chi connectivity index (χ0n) is 8.88. The Morgan fingerprint density at radius 3 is 2.80 bits per heavy atom. The van der Waals surface area contributed by atoms with Crippen molar-refractivity contribution in [3.05, 3.63) is 34.6 Å². The van der Waals surface area contributed by atoms with Crippen LogP contribution in [0, 0.1) is 6.92 Å². The molecule has 1 aromatic rings. The summed E-state index contributed by atoms with van der Waals surface area (Å²) in [6.07, 6.45) is 0. The van der Waals surface area contributed by atoms with E-state index in [1.807, 2.05) is 13.8 Å². The SMILES string of the molecule is C=C(C)COc1c(C)cc(CO)nc1Cl. The lowest BCUT2D eigenvalue weighted by Gasteiger charge is -2.11. The van der Waals surface area contributed by atoms with Crippen molar-refractivity contribution in [2.24, 2.45) is 0 Å². The Morgan fingerprint density at radius 2 is 2.33 bits per heavy atom. The number of aliphatic hydroxyl groups excluding tert-OH is 1. The summed E-state index contributed by atoms with van der Waals surface area (Å²) in [5.41, 5.74) is 2.32. The molecule has 0 aliphatic carbocycles.